The SMILES string of the molecule is CCOC(=O)Cc1csc(NC(=O)c2ccc(NC(=O)C3CC3)cc2)n1. The van der Waals surface area contributed by atoms with Crippen molar-refractivity contribution in [3.63, 3.8) is 0 Å². The van der Waals surface area contributed by atoms with Gasteiger partial charge in [0.15, 0.2) is 5.13 Å². The largest absolute Gasteiger partial charge is 0.466 e. The van der Waals surface area contributed by atoms with E-state index in [0.717, 1.165) is 12.8 Å². The summed E-state index contributed by atoms with van der Waals surface area (Å²) >= 11 is 1.25. The van der Waals surface area contributed by atoms with E-state index in [9.17, 15) is 14.4 Å². The van der Waals surface area contributed by atoms with Crippen LogP contribution in [0.3, 0.4) is 0 Å². The molecule has 0 spiro atoms. The van der Waals surface area contributed by atoms with Crippen LogP contribution >= 0.6 is 11.3 Å². The molecule has 1 saturated carbocycles. The molecule has 0 bridgehead atoms. The highest BCUT2D eigenvalue weighted by Gasteiger charge is 2.29. The number of carbonyl (C=O) groups excluding carboxylic acids is 3. The highest BCUT2D eigenvalue weighted by Crippen LogP contribution is 2.30. The van der Waals surface area contributed by atoms with E-state index in [4.69, 9.17) is 4.74 Å². The standard InChI is InChI=1S/C18H19N3O4S/c1-2-25-15(22)9-14-10-26-18(20-14)21-17(24)12-5-7-13(8-6-12)19-16(23)11-3-4-11/h5-8,10-11H,2-4,9H2,1H3,(H,19,23)(H,20,21,24). The van der Waals surface area contributed by atoms with Crippen molar-refractivity contribution in [2.24, 2.45) is 5.92 Å². The van der Waals surface area contributed by atoms with Gasteiger partial charge in [-0.1, -0.05) is 0 Å². The van der Waals surface area contributed by atoms with Gasteiger partial charge in [-0.05, 0) is 44.0 Å². The fraction of sp³-hybridized carbons (Fsp3) is 0.333. The first-order chi connectivity index (χ1) is 12.5. The average molecular weight is 373 g/mol. The molecule has 1 aliphatic carbocycles. The molecule has 26 heavy (non-hydrogen) atoms. The second-order valence-corrected chi connectivity index (χ2v) is 6.78. The number of anilines is 2. The van der Waals surface area contributed by atoms with Gasteiger partial charge in [-0.3, -0.25) is 19.7 Å². The first-order valence-corrected chi connectivity index (χ1v) is 9.25. The molecule has 0 unspecified atom stereocenters. The number of ether oxygens (including phenoxy) is 1. The van der Waals surface area contributed by atoms with Gasteiger partial charge in [-0.25, -0.2) is 4.98 Å². The van der Waals surface area contributed by atoms with Crippen LogP contribution in [0.25, 0.3) is 0 Å². The molecular formula is C18H19N3O4S. The molecule has 8 heteroatoms. The van der Waals surface area contributed by atoms with E-state index in [0.29, 0.717) is 28.7 Å². The summed E-state index contributed by atoms with van der Waals surface area (Å²) in [6.45, 7) is 2.07. The summed E-state index contributed by atoms with van der Waals surface area (Å²) in [6, 6.07) is 6.68. The summed E-state index contributed by atoms with van der Waals surface area (Å²) in [5, 5.41) is 7.66. The topological polar surface area (TPSA) is 97.4 Å². The molecule has 136 valence electrons. The first-order valence-electron chi connectivity index (χ1n) is 8.37. The number of carbonyl (C=O) groups is 3. The van der Waals surface area contributed by atoms with Gasteiger partial charge in [-0.2, -0.15) is 0 Å². The second-order valence-electron chi connectivity index (χ2n) is 5.92. The molecule has 0 radical (unpaired) electrons. The minimum Gasteiger partial charge on any atom is -0.466 e. The van der Waals surface area contributed by atoms with Crippen LogP contribution < -0.4 is 10.6 Å². The Morgan fingerprint density at radius 1 is 1.19 bits per heavy atom. The summed E-state index contributed by atoms with van der Waals surface area (Å²) in [6.07, 6.45) is 1.96. The minimum atomic E-state index is -0.348. The predicted molar refractivity (Wildman–Crippen MR) is 98.2 cm³/mol. The van der Waals surface area contributed by atoms with Gasteiger partial charge < -0.3 is 10.1 Å². The van der Waals surface area contributed by atoms with Crippen molar-refractivity contribution in [2.75, 3.05) is 17.2 Å². The number of hydrogen-bond acceptors (Lipinski definition) is 6. The lowest BCUT2D eigenvalue weighted by atomic mass is 10.2. The molecule has 1 heterocycles. The maximum Gasteiger partial charge on any atom is 0.311 e. The van der Waals surface area contributed by atoms with Gasteiger partial charge in [-0.15, -0.1) is 11.3 Å². The molecule has 1 aromatic heterocycles. The third-order valence-electron chi connectivity index (χ3n) is 3.77. The predicted octanol–water partition coefficient (Wildman–Crippen LogP) is 2.85. The zero-order valence-corrected chi connectivity index (χ0v) is 15.1. The van der Waals surface area contributed by atoms with E-state index in [2.05, 4.69) is 15.6 Å². The Labute approximate surface area is 154 Å². The maximum absolute atomic E-state index is 12.3. The number of aromatic nitrogens is 1. The number of nitrogens with zero attached hydrogens (tertiary/aromatic N) is 1. The number of benzene rings is 1. The lowest BCUT2D eigenvalue weighted by Crippen LogP contribution is -2.14. The van der Waals surface area contributed by atoms with Crippen molar-refractivity contribution in [3.8, 4) is 0 Å². The number of esters is 1. The van der Waals surface area contributed by atoms with Crippen LogP contribution in [0.15, 0.2) is 29.6 Å². The third-order valence-corrected chi connectivity index (χ3v) is 4.57. The van der Waals surface area contributed by atoms with Crippen LogP contribution in [0, 0.1) is 5.92 Å². The molecule has 1 aromatic carbocycles. The van der Waals surface area contributed by atoms with Crippen LogP contribution in [-0.2, 0) is 20.7 Å². The summed E-state index contributed by atoms with van der Waals surface area (Å²) in [7, 11) is 0. The van der Waals surface area contributed by atoms with E-state index in [1.807, 2.05) is 0 Å². The van der Waals surface area contributed by atoms with Crippen molar-refractivity contribution in [1.29, 1.82) is 0 Å². The highest BCUT2D eigenvalue weighted by atomic mass is 32.1. The van der Waals surface area contributed by atoms with Crippen LogP contribution in [0.4, 0.5) is 10.8 Å². The summed E-state index contributed by atoms with van der Waals surface area (Å²) in [5.41, 5.74) is 1.68. The molecule has 2 N–H and O–H groups in total. The number of amides is 2. The quantitative estimate of drug-likeness (QED) is 0.728. The molecular weight excluding hydrogens is 354 g/mol. The summed E-state index contributed by atoms with van der Waals surface area (Å²) in [4.78, 5) is 39.7. The molecule has 3 rings (SSSR count). The number of hydrogen-bond donors (Lipinski definition) is 2. The first kappa shape index (κ1) is 18.1. The zero-order chi connectivity index (χ0) is 18.5. The number of thiazole rings is 1. The van der Waals surface area contributed by atoms with E-state index < -0.39 is 0 Å². The Bertz CT molecular complexity index is 812. The van der Waals surface area contributed by atoms with E-state index in [1.165, 1.54) is 11.3 Å². The monoisotopic (exact) mass is 373 g/mol. The normalized spacial score (nSPS) is 13.1. The molecule has 1 fully saturated rings. The third kappa shape index (κ3) is 4.89. The molecule has 1 aliphatic rings. The zero-order valence-electron chi connectivity index (χ0n) is 14.3. The molecule has 0 saturated heterocycles. The van der Waals surface area contributed by atoms with Gasteiger partial charge in [0.25, 0.3) is 5.91 Å². The highest BCUT2D eigenvalue weighted by molar-refractivity contribution is 7.14. The Hall–Kier alpha value is -2.74. The maximum atomic E-state index is 12.3. The van der Waals surface area contributed by atoms with Crippen molar-refractivity contribution < 1.29 is 19.1 Å². The van der Waals surface area contributed by atoms with Crippen molar-refractivity contribution in [2.45, 2.75) is 26.2 Å². The van der Waals surface area contributed by atoms with Gasteiger partial charge in [0.05, 0.1) is 18.7 Å². The van der Waals surface area contributed by atoms with E-state index in [-0.39, 0.29) is 30.1 Å². The lowest BCUT2D eigenvalue weighted by molar-refractivity contribution is -0.142. The Morgan fingerprint density at radius 2 is 1.92 bits per heavy atom. The molecule has 2 amide bonds. The average Bonchev–Trinajstić information content (AvgIpc) is 3.38. The van der Waals surface area contributed by atoms with Crippen LogP contribution in [0.1, 0.15) is 35.8 Å². The smallest absolute Gasteiger partial charge is 0.311 e. The van der Waals surface area contributed by atoms with Crippen LogP contribution in [0.5, 0.6) is 0 Å². The number of rotatable bonds is 7. The van der Waals surface area contributed by atoms with Crippen LogP contribution in [0.2, 0.25) is 0 Å². The van der Waals surface area contributed by atoms with Gasteiger partial charge in [0, 0.05) is 22.5 Å². The Balaban J connectivity index is 1.55. The van der Waals surface area contributed by atoms with Crippen molar-refractivity contribution in [3.05, 3.63) is 40.9 Å². The molecule has 7 nitrogen and oxygen atoms in total. The van der Waals surface area contributed by atoms with Gasteiger partial charge in [0.2, 0.25) is 5.91 Å². The lowest BCUT2D eigenvalue weighted by Gasteiger charge is -2.06. The van der Waals surface area contributed by atoms with Crippen molar-refractivity contribution in [1.82, 2.24) is 4.98 Å². The Morgan fingerprint density at radius 3 is 2.58 bits per heavy atom. The van der Waals surface area contributed by atoms with E-state index in [1.54, 1.807) is 36.6 Å². The molecule has 0 aliphatic heterocycles. The molecule has 0 atom stereocenters. The molecule has 2 aromatic rings. The van der Waals surface area contributed by atoms with Crippen molar-refractivity contribution >= 4 is 39.9 Å². The Kier molecular flexibility index (Phi) is 5.62. The fourth-order valence-electron chi connectivity index (χ4n) is 2.27. The fourth-order valence-corrected chi connectivity index (χ4v) is 2.97. The van der Waals surface area contributed by atoms with Gasteiger partial charge in [0.1, 0.15) is 0 Å². The minimum absolute atomic E-state index is 0.0270. The number of nitrogens with one attached hydrogen (secondary N) is 2. The second kappa shape index (κ2) is 8.09. The summed E-state index contributed by atoms with van der Waals surface area (Å²) < 4.78 is 4.87. The van der Waals surface area contributed by atoms with E-state index >= 15 is 0 Å². The summed E-state index contributed by atoms with van der Waals surface area (Å²) in [5.74, 6) is -0.493. The van der Waals surface area contributed by atoms with Gasteiger partial charge >= 0.3 is 5.97 Å². The van der Waals surface area contributed by atoms with Crippen LogP contribution in [-0.4, -0.2) is 29.4 Å².